The first kappa shape index (κ1) is 17.2. The molecular weight excluding hydrogens is 336 g/mol. The fraction of sp³-hybridized carbons (Fsp3) is 0.167. The Labute approximate surface area is 158 Å². The minimum absolute atomic E-state index is 0.772. The van der Waals surface area contributed by atoms with E-state index >= 15 is 0 Å². The third kappa shape index (κ3) is 2.95. The van der Waals surface area contributed by atoms with Crippen molar-refractivity contribution in [2.75, 3.05) is 14.2 Å². The Morgan fingerprint density at radius 1 is 0.889 bits per heavy atom. The average Bonchev–Trinajstić information content (AvgIpc) is 3.10. The molecule has 3 heteroatoms. The largest absolute Gasteiger partial charge is 0.497 e. The molecule has 0 saturated heterocycles. The van der Waals surface area contributed by atoms with Crippen LogP contribution in [0, 0.1) is 0 Å². The molecule has 136 valence electrons. The van der Waals surface area contributed by atoms with Gasteiger partial charge in [-0.15, -0.1) is 0 Å². The third-order valence-corrected chi connectivity index (χ3v) is 4.78. The molecule has 0 N–H and O–H groups in total. The molecule has 0 bridgehead atoms. The van der Waals surface area contributed by atoms with Crippen molar-refractivity contribution < 1.29 is 13.9 Å². The van der Waals surface area contributed by atoms with Crippen molar-refractivity contribution in [1.82, 2.24) is 0 Å². The number of hydrogen-bond donors (Lipinski definition) is 0. The number of methoxy groups -OCH3 is 2. The van der Waals surface area contributed by atoms with Crippen molar-refractivity contribution in [2.45, 2.75) is 13.3 Å². The fourth-order valence-corrected chi connectivity index (χ4v) is 3.60. The van der Waals surface area contributed by atoms with Crippen molar-refractivity contribution in [1.29, 1.82) is 0 Å². The van der Waals surface area contributed by atoms with Gasteiger partial charge in [-0.1, -0.05) is 49.4 Å². The van der Waals surface area contributed by atoms with Gasteiger partial charge in [0.1, 0.15) is 22.7 Å². The Balaban J connectivity index is 2.09. The predicted octanol–water partition coefficient (Wildman–Crippen LogP) is 6.44. The SMILES string of the molecule is CC/C=C(\c1ccccc1OC)c1cc(OC)cc2oc3ccccc3c12. The molecule has 1 aromatic heterocycles. The molecule has 3 aromatic carbocycles. The van der Waals surface area contributed by atoms with E-state index < -0.39 is 0 Å². The van der Waals surface area contributed by atoms with Crippen LogP contribution in [0.5, 0.6) is 11.5 Å². The topological polar surface area (TPSA) is 31.6 Å². The van der Waals surface area contributed by atoms with Crippen molar-refractivity contribution >= 4 is 27.5 Å². The smallest absolute Gasteiger partial charge is 0.139 e. The van der Waals surface area contributed by atoms with Gasteiger partial charge in [-0.2, -0.15) is 0 Å². The maximum absolute atomic E-state index is 6.12. The second-order valence-electron chi connectivity index (χ2n) is 6.37. The zero-order valence-corrected chi connectivity index (χ0v) is 15.8. The average molecular weight is 358 g/mol. The summed E-state index contributed by atoms with van der Waals surface area (Å²) in [6.45, 7) is 2.14. The van der Waals surface area contributed by atoms with E-state index in [2.05, 4.69) is 31.2 Å². The Hall–Kier alpha value is -3.20. The third-order valence-electron chi connectivity index (χ3n) is 4.78. The predicted molar refractivity (Wildman–Crippen MR) is 111 cm³/mol. The van der Waals surface area contributed by atoms with Gasteiger partial charge in [-0.3, -0.25) is 0 Å². The lowest BCUT2D eigenvalue weighted by molar-refractivity contribution is 0.413. The molecule has 0 fully saturated rings. The molecule has 0 unspecified atom stereocenters. The van der Waals surface area contributed by atoms with Gasteiger partial charge < -0.3 is 13.9 Å². The van der Waals surface area contributed by atoms with E-state index in [0.717, 1.165) is 56.6 Å². The van der Waals surface area contributed by atoms with E-state index in [0.29, 0.717) is 0 Å². The summed E-state index contributed by atoms with van der Waals surface area (Å²) in [4.78, 5) is 0. The molecule has 27 heavy (non-hydrogen) atoms. The first-order valence-electron chi connectivity index (χ1n) is 9.10. The van der Waals surface area contributed by atoms with Crippen LogP contribution in [0.25, 0.3) is 27.5 Å². The summed E-state index contributed by atoms with van der Waals surface area (Å²) in [6.07, 6.45) is 3.13. The fourth-order valence-electron chi connectivity index (χ4n) is 3.60. The number of furan rings is 1. The lowest BCUT2D eigenvalue weighted by Crippen LogP contribution is -1.95. The van der Waals surface area contributed by atoms with E-state index in [1.807, 2.05) is 42.5 Å². The number of rotatable bonds is 5. The molecular formula is C24H22O3. The summed E-state index contributed by atoms with van der Waals surface area (Å²) in [7, 11) is 3.39. The highest BCUT2D eigenvalue weighted by atomic mass is 16.5. The first-order valence-corrected chi connectivity index (χ1v) is 9.10. The summed E-state index contributed by atoms with van der Waals surface area (Å²) in [5.74, 6) is 1.62. The molecule has 0 amide bonds. The van der Waals surface area contributed by atoms with E-state index in [-0.39, 0.29) is 0 Å². The Morgan fingerprint density at radius 2 is 1.67 bits per heavy atom. The lowest BCUT2D eigenvalue weighted by atomic mass is 9.92. The first-order chi connectivity index (χ1) is 13.3. The Bertz CT molecular complexity index is 1140. The van der Waals surface area contributed by atoms with Crippen LogP contribution in [0.1, 0.15) is 24.5 Å². The number of allylic oxidation sites excluding steroid dienone is 1. The van der Waals surface area contributed by atoms with Gasteiger partial charge in [0, 0.05) is 22.4 Å². The minimum Gasteiger partial charge on any atom is -0.497 e. The van der Waals surface area contributed by atoms with Gasteiger partial charge in [0.05, 0.1) is 14.2 Å². The summed E-state index contributed by atoms with van der Waals surface area (Å²) < 4.78 is 17.3. The molecule has 0 spiro atoms. The maximum atomic E-state index is 6.12. The molecule has 0 aliphatic rings. The molecule has 4 rings (SSSR count). The van der Waals surface area contributed by atoms with Crippen LogP contribution in [0.15, 0.2) is 71.2 Å². The Morgan fingerprint density at radius 3 is 2.44 bits per heavy atom. The van der Waals surface area contributed by atoms with Gasteiger partial charge in [0.25, 0.3) is 0 Å². The monoisotopic (exact) mass is 358 g/mol. The van der Waals surface area contributed by atoms with Gasteiger partial charge in [-0.25, -0.2) is 0 Å². The normalized spacial score (nSPS) is 11.9. The van der Waals surface area contributed by atoms with Crippen LogP contribution in [-0.2, 0) is 0 Å². The van der Waals surface area contributed by atoms with Crippen LogP contribution in [0.4, 0.5) is 0 Å². The van der Waals surface area contributed by atoms with Crippen LogP contribution in [-0.4, -0.2) is 14.2 Å². The maximum Gasteiger partial charge on any atom is 0.139 e. The highest BCUT2D eigenvalue weighted by molar-refractivity contribution is 6.12. The molecule has 0 aliphatic heterocycles. The van der Waals surface area contributed by atoms with Crippen LogP contribution < -0.4 is 9.47 Å². The summed E-state index contributed by atoms with van der Waals surface area (Å²) >= 11 is 0. The van der Waals surface area contributed by atoms with Gasteiger partial charge in [-0.05, 0) is 35.8 Å². The summed E-state index contributed by atoms with van der Waals surface area (Å²) in [5.41, 5.74) is 4.95. The summed E-state index contributed by atoms with van der Waals surface area (Å²) in [5, 5.41) is 2.19. The molecule has 0 atom stereocenters. The standard InChI is InChI=1S/C24H22O3/c1-4-9-17(18-10-5-7-12-21(18)26-3)20-14-16(25-2)15-23-24(20)19-11-6-8-13-22(19)27-23/h5-15H,4H2,1-3H3/b17-9+. The number of para-hydroxylation sites is 2. The minimum atomic E-state index is 0.772. The van der Waals surface area contributed by atoms with Crippen LogP contribution in [0.3, 0.4) is 0 Å². The van der Waals surface area contributed by atoms with E-state index in [9.17, 15) is 0 Å². The van der Waals surface area contributed by atoms with Gasteiger partial charge >= 0.3 is 0 Å². The lowest BCUT2D eigenvalue weighted by Gasteiger charge is -2.15. The van der Waals surface area contributed by atoms with Crippen molar-refractivity contribution in [3.8, 4) is 11.5 Å². The summed E-state index contributed by atoms with van der Waals surface area (Å²) in [6, 6.07) is 20.3. The Kier molecular flexibility index (Phi) is 4.59. The van der Waals surface area contributed by atoms with Crippen molar-refractivity contribution in [2.24, 2.45) is 0 Å². The molecule has 0 aliphatic carbocycles. The van der Waals surface area contributed by atoms with Crippen molar-refractivity contribution in [3.63, 3.8) is 0 Å². The second kappa shape index (κ2) is 7.20. The number of fused-ring (bicyclic) bond motifs is 3. The number of benzene rings is 3. The van der Waals surface area contributed by atoms with Crippen molar-refractivity contribution in [3.05, 3.63) is 77.9 Å². The molecule has 4 aromatic rings. The van der Waals surface area contributed by atoms with Gasteiger partial charge in [0.2, 0.25) is 0 Å². The quantitative estimate of drug-likeness (QED) is 0.411. The van der Waals surface area contributed by atoms with E-state index in [4.69, 9.17) is 13.9 Å². The second-order valence-corrected chi connectivity index (χ2v) is 6.37. The zero-order chi connectivity index (χ0) is 18.8. The highest BCUT2D eigenvalue weighted by Gasteiger charge is 2.18. The highest BCUT2D eigenvalue weighted by Crippen LogP contribution is 2.41. The number of ether oxygens (including phenoxy) is 2. The molecule has 0 saturated carbocycles. The van der Waals surface area contributed by atoms with Crippen LogP contribution in [0.2, 0.25) is 0 Å². The zero-order valence-electron chi connectivity index (χ0n) is 15.8. The van der Waals surface area contributed by atoms with Crippen LogP contribution >= 0.6 is 0 Å². The molecule has 1 heterocycles. The van der Waals surface area contributed by atoms with E-state index in [1.165, 1.54) is 0 Å². The van der Waals surface area contributed by atoms with E-state index in [1.54, 1.807) is 14.2 Å². The van der Waals surface area contributed by atoms with Gasteiger partial charge in [0.15, 0.2) is 0 Å². The molecule has 3 nitrogen and oxygen atoms in total. The molecule has 0 radical (unpaired) electrons. The number of hydrogen-bond acceptors (Lipinski definition) is 3.